The molecule has 0 amide bonds. The van der Waals surface area contributed by atoms with Crippen LogP contribution in [0.4, 0.5) is 0 Å². The van der Waals surface area contributed by atoms with Crippen LogP contribution >= 0.6 is 0 Å². The number of hydrogen-bond acceptors (Lipinski definition) is 2. The van der Waals surface area contributed by atoms with Crippen LogP contribution in [0, 0.1) is 0 Å². The van der Waals surface area contributed by atoms with E-state index in [1.54, 1.807) is 12.1 Å². The van der Waals surface area contributed by atoms with Crippen LogP contribution < -0.4 is 4.74 Å². The SMILES string of the molecule is CCOc1cc(C(=O)O)ccc1C(C)CC. The van der Waals surface area contributed by atoms with Gasteiger partial charge in [0.05, 0.1) is 12.2 Å². The lowest BCUT2D eigenvalue weighted by Gasteiger charge is -2.15. The van der Waals surface area contributed by atoms with Crippen molar-refractivity contribution in [3.8, 4) is 5.75 Å². The Morgan fingerprint density at radius 2 is 2.12 bits per heavy atom. The van der Waals surface area contributed by atoms with E-state index in [0.29, 0.717) is 18.3 Å². The van der Waals surface area contributed by atoms with Gasteiger partial charge in [0.15, 0.2) is 0 Å². The fourth-order valence-corrected chi connectivity index (χ4v) is 1.57. The summed E-state index contributed by atoms with van der Waals surface area (Å²) in [4.78, 5) is 10.9. The number of carboxylic acid groups (broad SMARTS) is 1. The van der Waals surface area contributed by atoms with Crippen LogP contribution in [0.3, 0.4) is 0 Å². The van der Waals surface area contributed by atoms with Crippen molar-refractivity contribution in [2.75, 3.05) is 6.61 Å². The molecule has 0 heterocycles. The van der Waals surface area contributed by atoms with E-state index < -0.39 is 5.97 Å². The molecular weight excluding hydrogens is 204 g/mol. The highest BCUT2D eigenvalue weighted by molar-refractivity contribution is 5.88. The number of carbonyl (C=O) groups is 1. The van der Waals surface area contributed by atoms with Crippen molar-refractivity contribution in [2.24, 2.45) is 0 Å². The Morgan fingerprint density at radius 1 is 1.44 bits per heavy atom. The van der Waals surface area contributed by atoms with Gasteiger partial charge in [-0.15, -0.1) is 0 Å². The molecule has 1 N–H and O–H groups in total. The number of rotatable bonds is 5. The van der Waals surface area contributed by atoms with Crippen molar-refractivity contribution in [1.82, 2.24) is 0 Å². The van der Waals surface area contributed by atoms with Gasteiger partial charge in [-0.1, -0.05) is 19.9 Å². The molecule has 0 aliphatic rings. The van der Waals surface area contributed by atoms with Gasteiger partial charge in [0.2, 0.25) is 0 Å². The zero-order valence-corrected chi connectivity index (χ0v) is 9.99. The maximum atomic E-state index is 10.9. The number of hydrogen-bond donors (Lipinski definition) is 1. The van der Waals surface area contributed by atoms with Gasteiger partial charge in [0.25, 0.3) is 0 Å². The van der Waals surface area contributed by atoms with Gasteiger partial charge in [0, 0.05) is 0 Å². The van der Waals surface area contributed by atoms with Gasteiger partial charge in [-0.25, -0.2) is 4.79 Å². The van der Waals surface area contributed by atoms with Crippen LogP contribution in [-0.2, 0) is 0 Å². The predicted octanol–water partition coefficient (Wildman–Crippen LogP) is 3.30. The Labute approximate surface area is 96.1 Å². The van der Waals surface area contributed by atoms with Crippen LogP contribution in [-0.4, -0.2) is 17.7 Å². The molecule has 1 atom stereocenters. The van der Waals surface area contributed by atoms with Crippen molar-refractivity contribution in [1.29, 1.82) is 0 Å². The minimum Gasteiger partial charge on any atom is -0.494 e. The highest BCUT2D eigenvalue weighted by Gasteiger charge is 2.13. The summed E-state index contributed by atoms with van der Waals surface area (Å²) < 4.78 is 5.49. The van der Waals surface area contributed by atoms with Crippen molar-refractivity contribution < 1.29 is 14.6 Å². The second-order valence-corrected chi connectivity index (χ2v) is 3.80. The number of ether oxygens (including phenoxy) is 1. The van der Waals surface area contributed by atoms with E-state index >= 15 is 0 Å². The first kappa shape index (κ1) is 12.6. The van der Waals surface area contributed by atoms with E-state index in [-0.39, 0.29) is 5.56 Å². The fourth-order valence-electron chi connectivity index (χ4n) is 1.57. The highest BCUT2D eigenvalue weighted by Crippen LogP contribution is 2.29. The van der Waals surface area contributed by atoms with Crippen molar-refractivity contribution in [3.63, 3.8) is 0 Å². The molecule has 3 nitrogen and oxygen atoms in total. The molecule has 0 aliphatic carbocycles. The molecular formula is C13H18O3. The molecule has 1 aromatic carbocycles. The molecule has 1 aromatic rings. The van der Waals surface area contributed by atoms with E-state index in [4.69, 9.17) is 9.84 Å². The van der Waals surface area contributed by atoms with E-state index in [1.807, 2.05) is 13.0 Å². The molecule has 0 saturated carbocycles. The van der Waals surface area contributed by atoms with Gasteiger partial charge in [-0.2, -0.15) is 0 Å². The summed E-state index contributed by atoms with van der Waals surface area (Å²) in [5, 5.41) is 8.91. The topological polar surface area (TPSA) is 46.5 Å². The minimum atomic E-state index is -0.920. The highest BCUT2D eigenvalue weighted by atomic mass is 16.5. The van der Waals surface area contributed by atoms with Gasteiger partial charge >= 0.3 is 5.97 Å². The summed E-state index contributed by atoms with van der Waals surface area (Å²) in [7, 11) is 0. The van der Waals surface area contributed by atoms with Crippen LogP contribution in [0.25, 0.3) is 0 Å². The molecule has 1 unspecified atom stereocenters. The lowest BCUT2D eigenvalue weighted by molar-refractivity contribution is 0.0696. The van der Waals surface area contributed by atoms with E-state index in [2.05, 4.69) is 13.8 Å². The molecule has 0 bridgehead atoms. The maximum Gasteiger partial charge on any atom is 0.335 e. The summed E-state index contributed by atoms with van der Waals surface area (Å²) in [6.07, 6.45) is 1.01. The number of aromatic carboxylic acids is 1. The second-order valence-electron chi connectivity index (χ2n) is 3.80. The minimum absolute atomic E-state index is 0.274. The molecule has 3 heteroatoms. The Bertz CT molecular complexity index is 371. The third-order valence-electron chi connectivity index (χ3n) is 2.70. The summed E-state index contributed by atoms with van der Waals surface area (Å²) in [6.45, 7) is 6.66. The standard InChI is InChI=1S/C13H18O3/c1-4-9(3)11-7-6-10(13(14)15)8-12(11)16-5-2/h6-9H,4-5H2,1-3H3,(H,14,15). The third kappa shape index (κ3) is 2.75. The van der Waals surface area contributed by atoms with Gasteiger partial charge in [-0.05, 0) is 37.0 Å². The summed E-state index contributed by atoms with van der Waals surface area (Å²) >= 11 is 0. The van der Waals surface area contributed by atoms with E-state index in [9.17, 15) is 4.79 Å². The normalized spacial score (nSPS) is 12.2. The van der Waals surface area contributed by atoms with E-state index in [0.717, 1.165) is 12.0 Å². The largest absolute Gasteiger partial charge is 0.494 e. The van der Waals surface area contributed by atoms with Crippen LogP contribution in [0.15, 0.2) is 18.2 Å². The summed E-state index contributed by atoms with van der Waals surface area (Å²) in [5.41, 5.74) is 1.35. The predicted molar refractivity (Wildman–Crippen MR) is 63.3 cm³/mol. The Morgan fingerprint density at radius 3 is 2.62 bits per heavy atom. The number of benzene rings is 1. The quantitative estimate of drug-likeness (QED) is 0.831. The Kier molecular flexibility index (Phi) is 4.35. The summed E-state index contributed by atoms with van der Waals surface area (Å²) in [6, 6.07) is 5.09. The lowest BCUT2D eigenvalue weighted by atomic mass is 9.96. The first-order chi connectivity index (χ1) is 7.60. The van der Waals surface area contributed by atoms with Crippen LogP contribution in [0.1, 0.15) is 49.0 Å². The maximum absolute atomic E-state index is 10.9. The fraction of sp³-hybridized carbons (Fsp3) is 0.462. The Balaban J connectivity index is 3.13. The monoisotopic (exact) mass is 222 g/mol. The molecule has 0 radical (unpaired) electrons. The molecule has 16 heavy (non-hydrogen) atoms. The average Bonchev–Trinajstić information content (AvgIpc) is 2.28. The Hall–Kier alpha value is -1.51. The zero-order valence-electron chi connectivity index (χ0n) is 9.99. The first-order valence-electron chi connectivity index (χ1n) is 5.60. The first-order valence-corrected chi connectivity index (χ1v) is 5.60. The van der Waals surface area contributed by atoms with Crippen molar-refractivity contribution in [3.05, 3.63) is 29.3 Å². The van der Waals surface area contributed by atoms with Crippen molar-refractivity contribution >= 4 is 5.97 Å². The van der Waals surface area contributed by atoms with Gasteiger partial charge < -0.3 is 9.84 Å². The smallest absolute Gasteiger partial charge is 0.335 e. The van der Waals surface area contributed by atoms with Crippen molar-refractivity contribution in [2.45, 2.75) is 33.1 Å². The molecule has 1 rings (SSSR count). The van der Waals surface area contributed by atoms with Crippen LogP contribution in [0.5, 0.6) is 5.75 Å². The molecule has 0 aliphatic heterocycles. The van der Waals surface area contributed by atoms with Gasteiger partial charge in [-0.3, -0.25) is 0 Å². The molecule has 0 aromatic heterocycles. The van der Waals surface area contributed by atoms with Crippen LogP contribution in [0.2, 0.25) is 0 Å². The molecule has 0 saturated heterocycles. The third-order valence-corrected chi connectivity index (χ3v) is 2.70. The summed E-state index contributed by atoms with van der Waals surface area (Å²) in [5.74, 6) is 0.151. The lowest BCUT2D eigenvalue weighted by Crippen LogP contribution is -2.03. The molecule has 88 valence electrons. The number of carboxylic acids is 1. The average molecular weight is 222 g/mol. The zero-order chi connectivity index (χ0) is 12.1. The van der Waals surface area contributed by atoms with E-state index in [1.165, 1.54) is 0 Å². The molecule has 0 spiro atoms. The van der Waals surface area contributed by atoms with Gasteiger partial charge in [0.1, 0.15) is 5.75 Å². The second kappa shape index (κ2) is 5.54. The molecule has 0 fully saturated rings.